The molecule has 0 radical (unpaired) electrons. The van der Waals surface area contributed by atoms with Crippen molar-refractivity contribution in [2.75, 3.05) is 0 Å². The molecule has 0 saturated heterocycles. The van der Waals surface area contributed by atoms with E-state index in [1.54, 1.807) is 0 Å². The van der Waals surface area contributed by atoms with Crippen LogP contribution >= 0.6 is 0 Å². The zero-order chi connectivity index (χ0) is 12.4. The molecule has 1 heteroatoms. The van der Waals surface area contributed by atoms with Crippen LogP contribution in [0, 0.1) is 12.3 Å². The van der Waals surface area contributed by atoms with E-state index < -0.39 is 0 Å². The average molecular weight is 219 g/mol. The summed E-state index contributed by atoms with van der Waals surface area (Å²) in [6, 6.07) is 2.28. The molecule has 0 spiro atoms. The summed E-state index contributed by atoms with van der Waals surface area (Å²) < 4.78 is 0. The fraction of sp³-hybridized carbons (Fsp3) is 0.667. The third kappa shape index (κ3) is 3.33. The summed E-state index contributed by atoms with van der Waals surface area (Å²) >= 11 is 0. The van der Waals surface area contributed by atoms with E-state index in [0.717, 1.165) is 6.42 Å². The second-order valence-corrected chi connectivity index (χ2v) is 6.40. The van der Waals surface area contributed by atoms with E-state index >= 15 is 0 Å². The normalized spacial score (nSPS) is 15.9. The Hall–Kier alpha value is -0.850. The Balaban J connectivity index is 3.05. The number of rotatable bonds is 3. The van der Waals surface area contributed by atoms with Gasteiger partial charge >= 0.3 is 0 Å². The zero-order valence-electron chi connectivity index (χ0n) is 11.6. The van der Waals surface area contributed by atoms with Gasteiger partial charge in [0.1, 0.15) is 0 Å². The van der Waals surface area contributed by atoms with E-state index in [4.69, 9.17) is 0 Å². The van der Waals surface area contributed by atoms with Crippen LogP contribution in [0.3, 0.4) is 0 Å². The van der Waals surface area contributed by atoms with Gasteiger partial charge in [0, 0.05) is 12.4 Å². The van der Waals surface area contributed by atoms with Crippen LogP contribution in [0.5, 0.6) is 0 Å². The maximum absolute atomic E-state index is 4.33. The molecule has 1 rings (SSSR count). The molecule has 0 fully saturated rings. The summed E-state index contributed by atoms with van der Waals surface area (Å²) in [6.07, 6.45) is 6.32. The summed E-state index contributed by atoms with van der Waals surface area (Å²) in [4.78, 5) is 4.33. The molecule has 0 aliphatic carbocycles. The van der Waals surface area contributed by atoms with Gasteiger partial charge in [-0.15, -0.1) is 0 Å². The Morgan fingerprint density at radius 3 is 2.19 bits per heavy atom. The van der Waals surface area contributed by atoms with Crippen molar-refractivity contribution in [3.63, 3.8) is 0 Å². The lowest BCUT2D eigenvalue weighted by atomic mass is 9.70. The molecular formula is C15H25N. The van der Waals surface area contributed by atoms with Gasteiger partial charge in [0.05, 0.1) is 0 Å². The maximum Gasteiger partial charge on any atom is 0.0305 e. The van der Waals surface area contributed by atoms with Crippen LogP contribution < -0.4 is 0 Å². The van der Waals surface area contributed by atoms with Crippen molar-refractivity contribution >= 4 is 0 Å². The van der Waals surface area contributed by atoms with Crippen molar-refractivity contribution < 1.29 is 0 Å². The molecule has 0 aliphatic heterocycles. The van der Waals surface area contributed by atoms with E-state index in [0.29, 0.717) is 5.41 Å². The maximum atomic E-state index is 4.33. The smallest absolute Gasteiger partial charge is 0.0305 e. The largest absolute Gasteiger partial charge is 0.264 e. The standard InChI is InChI=1S/C15H25N/c1-7-15(6,11-14(3,4)5)13-8-12(2)9-16-10-13/h8-10H,7,11H2,1-6H3. The van der Waals surface area contributed by atoms with E-state index in [-0.39, 0.29) is 5.41 Å². The monoisotopic (exact) mass is 219 g/mol. The number of hydrogen-bond donors (Lipinski definition) is 0. The van der Waals surface area contributed by atoms with Crippen molar-refractivity contribution in [3.05, 3.63) is 29.6 Å². The van der Waals surface area contributed by atoms with Gasteiger partial charge < -0.3 is 0 Å². The molecule has 0 amide bonds. The summed E-state index contributed by atoms with van der Waals surface area (Å²) in [7, 11) is 0. The molecule has 16 heavy (non-hydrogen) atoms. The molecule has 1 heterocycles. The first-order chi connectivity index (χ1) is 7.27. The first kappa shape index (κ1) is 13.2. The topological polar surface area (TPSA) is 12.9 Å². The molecule has 1 nitrogen and oxygen atoms in total. The van der Waals surface area contributed by atoms with Crippen LogP contribution in [0.25, 0.3) is 0 Å². The van der Waals surface area contributed by atoms with Gasteiger partial charge in [-0.2, -0.15) is 0 Å². The molecule has 0 N–H and O–H groups in total. The lowest BCUT2D eigenvalue weighted by molar-refractivity contribution is 0.261. The number of pyridine rings is 1. The first-order valence-electron chi connectivity index (χ1n) is 6.19. The van der Waals surface area contributed by atoms with Gasteiger partial charge in [-0.1, -0.05) is 40.7 Å². The molecular weight excluding hydrogens is 194 g/mol. The van der Waals surface area contributed by atoms with E-state index in [9.17, 15) is 0 Å². The number of aromatic nitrogens is 1. The highest BCUT2D eigenvalue weighted by atomic mass is 14.6. The van der Waals surface area contributed by atoms with E-state index in [1.165, 1.54) is 17.5 Å². The van der Waals surface area contributed by atoms with Crippen molar-refractivity contribution in [3.8, 4) is 0 Å². The molecule has 1 aromatic heterocycles. The lowest BCUT2D eigenvalue weighted by Gasteiger charge is -2.35. The Kier molecular flexibility index (Phi) is 3.77. The number of nitrogens with zero attached hydrogens (tertiary/aromatic N) is 1. The Labute approximate surface area is 100 Å². The van der Waals surface area contributed by atoms with Crippen molar-refractivity contribution in [2.24, 2.45) is 5.41 Å². The van der Waals surface area contributed by atoms with Crippen LogP contribution in [0.4, 0.5) is 0 Å². The minimum absolute atomic E-state index is 0.247. The minimum Gasteiger partial charge on any atom is -0.264 e. The molecule has 0 aromatic carbocycles. The van der Waals surface area contributed by atoms with Crippen LogP contribution in [0.1, 0.15) is 58.6 Å². The molecule has 1 atom stereocenters. The van der Waals surface area contributed by atoms with Gasteiger partial charge in [-0.05, 0) is 41.7 Å². The van der Waals surface area contributed by atoms with Crippen molar-refractivity contribution in [2.45, 2.75) is 59.8 Å². The fourth-order valence-corrected chi connectivity index (χ4v) is 2.49. The summed E-state index contributed by atoms with van der Waals surface area (Å²) in [6.45, 7) is 13.7. The highest BCUT2D eigenvalue weighted by molar-refractivity contribution is 5.25. The summed E-state index contributed by atoms with van der Waals surface area (Å²) in [5, 5.41) is 0. The van der Waals surface area contributed by atoms with E-state index in [2.05, 4.69) is 52.6 Å². The molecule has 1 aromatic rings. The van der Waals surface area contributed by atoms with Crippen molar-refractivity contribution in [1.82, 2.24) is 4.98 Å². The third-order valence-electron chi connectivity index (χ3n) is 3.27. The fourth-order valence-electron chi connectivity index (χ4n) is 2.49. The van der Waals surface area contributed by atoms with Gasteiger partial charge in [-0.3, -0.25) is 4.98 Å². The van der Waals surface area contributed by atoms with Gasteiger partial charge in [0.25, 0.3) is 0 Å². The quantitative estimate of drug-likeness (QED) is 0.729. The summed E-state index contributed by atoms with van der Waals surface area (Å²) in [5.74, 6) is 0. The lowest BCUT2D eigenvalue weighted by Crippen LogP contribution is -2.27. The van der Waals surface area contributed by atoms with Gasteiger partial charge in [0.15, 0.2) is 0 Å². The zero-order valence-corrected chi connectivity index (χ0v) is 11.6. The van der Waals surface area contributed by atoms with Crippen LogP contribution in [-0.2, 0) is 5.41 Å². The van der Waals surface area contributed by atoms with Crippen molar-refractivity contribution in [1.29, 1.82) is 0 Å². The summed E-state index contributed by atoms with van der Waals surface area (Å²) in [5.41, 5.74) is 3.24. The second-order valence-electron chi connectivity index (χ2n) is 6.40. The van der Waals surface area contributed by atoms with Gasteiger partial charge in [-0.25, -0.2) is 0 Å². The molecule has 0 bridgehead atoms. The third-order valence-corrected chi connectivity index (χ3v) is 3.27. The highest BCUT2D eigenvalue weighted by Gasteiger charge is 2.30. The Bertz CT molecular complexity index is 349. The number of aryl methyl sites for hydroxylation is 1. The Morgan fingerprint density at radius 1 is 1.12 bits per heavy atom. The van der Waals surface area contributed by atoms with Crippen LogP contribution in [0.2, 0.25) is 0 Å². The van der Waals surface area contributed by atoms with E-state index in [1.807, 2.05) is 12.4 Å². The SMILES string of the molecule is CCC(C)(CC(C)(C)C)c1cncc(C)c1. The first-order valence-corrected chi connectivity index (χ1v) is 6.19. The molecule has 1 unspecified atom stereocenters. The average Bonchev–Trinajstić information content (AvgIpc) is 2.15. The van der Waals surface area contributed by atoms with Crippen LogP contribution in [0.15, 0.2) is 18.5 Å². The Morgan fingerprint density at radius 2 is 1.75 bits per heavy atom. The molecule has 0 saturated carbocycles. The predicted octanol–water partition coefficient (Wildman–Crippen LogP) is 4.49. The molecule has 90 valence electrons. The number of hydrogen-bond acceptors (Lipinski definition) is 1. The predicted molar refractivity (Wildman–Crippen MR) is 70.7 cm³/mol. The second kappa shape index (κ2) is 4.57. The van der Waals surface area contributed by atoms with Crippen LogP contribution in [-0.4, -0.2) is 4.98 Å². The molecule has 0 aliphatic rings. The minimum atomic E-state index is 0.247. The van der Waals surface area contributed by atoms with Gasteiger partial charge in [0.2, 0.25) is 0 Å². The highest BCUT2D eigenvalue weighted by Crippen LogP contribution is 2.38.